The summed E-state index contributed by atoms with van der Waals surface area (Å²) in [5, 5.41) is 2.67. The zero-order chi connectivity index (χ0) is 15.9. The first-order valence-corrected chi connectivity index (χ1v) is 6.45. The monoisotopic (exact) mass is 293 g/mol. The molecule has 1 amide bonds. The van der Waals surface area contributed by atoms with Crippen LogP contribution in [0.25, 0.3) is 0 Å². The lowest BCUT2D eigenvalue weighted by molar-refractivity contribution is -0.150. The summed E-state index contributed by atoms with van der Waals surface area (Å²) >= 11 is 0. The quantitative estimate of drug-likeness (QED) is 0.632. The Morgan fingerprint density at radius 3 is 2.29 bits per heavy atom. The van der Waals surface area contributed by atoms with Gasteiger partial charge in [-0.3, -0.25) is 9.59 Å². The molecule has 1 aromatic rings. The van der Waals surface area contributed by atoms with E-state index in [0.29, 0.717) is 17.6 Å². The normalized spacial score (nSPS) is 10.6. The first-order valence-electron chi connectivity index (χ1n) is 6.45. The van der Waals surface area contributed by atoms with Crippen LogP contribution in [0, 0.1) is 0 Å². The van der Waals surface area contributed by atoms with Crippen molar-refractivity contribution in [1.29, 1.82) is 0 Å². The Balaban J connectivity index is 2.30. The van der Waals surface area contributed by atoms with Crippen LogP contribution < -0.4 is 10.1 Å². The van der Waals surface area contributed by atoms with Gasteiger partial charge in [-0.05, 0) is 45.0 Å². The van der Waals surface area contributed by atoms with Crippen molar-refractivity contribution in [2.75, 3.05) is 13.2 Å². The number of esters is 1. The standard InChI is InChI=1S/C15H19NO5/c1-15(2,3)16-13(18)9-21-14(19)10-20-12-6-4-11(8-17)5-7-12/h4-8H,9-10H2,1-3H3,(H,16,18). The van der Waals surface area contributed by atoms with Gasteiger partial charge in [0.25, 0.3) is 5.91 Å². The Morgan fingerprint density at radius 1 is 1.14 bits per heavy atom. The summed E-state index contributed by atoms with van der Waals surface area (Å²) in [4.78, 5) is 33.4. The maximum atomic E-state index is 11.4. The molecule has 1 aromatic carbocycles. The molecule has 0 spiro atoms. The number of ether oxygens (including phenoxy) is 2. The smallest absolute Gasteiger partial charge is 0.344 e. The minimum absolute atomic E-state index is 0.302. The zero-order valence-electron chi connectivity index (χ0n) is 12.3. The third kappa shape index (κ3) is 7.10. The van der Waals surface area contributed by atoms with Crippen molar-refractivity contribution in [2.45, 2.75) is 26.3 Å². The lowest BCUT2D eigenvalue weighted by Gasteiger charge is -2.20. The van der Waals surface area contributed by atoms with Gasteiger partial charge in [0, 0.05) is 11.1 Å². The summed E-state index contributed by atoms with van der Waals surface area (Å²) in [6.45, 7) is 4.85. The topological polar surface area (TPSA) is 81.7 Å². The van der Waals surface area contributed by atoms with E-state index in [0.717, 1.165) is 0 Å². The molecular weight excluding hydrogens is 274 g/mol. The Morgan fingerprint density at radius 2 is 1.76 bits per heavy atom. The van der Waals surface area contributed by atoms with Crippen LogP contribution in [0.4, 0.5) is 0 Å². The van der Waals surface area contributed by atoms with Crippen LogP contribution in [0.1, 0.15) is 31.1 Å². The molecule has 0 radical (unpaired) electrons. The fraction of sp³-hybridized carbons (Fsp3) is 0.400. The maximum absolute atomic E-state index is 11.4. The van der Waals surface area contributed by atoms with E-state index in [4.69, 9.17) is 9.47 Å². The lowest BCUT2D eigenvalue weighted by Crippen LogP contribution is -2.43. The van der Waals surface area contributed by atoms with Gasteiger partial charge in [-0.2, -0.15) is 0 Å². The van der Waals surface area contributed by atoms with E-state index in [1.807, 2.05) is 20.8 Å². The molecule has 0 aliphatic heterocycles. The second-order valence-corrected chi connectivity index (χ2v) is 5.43. The van der Waals surface area contributed by atoms with Gasteiger partial charge in [0.2, 0.25) is 0 Å². The van der Waals surface area contributed by atoms with E-state index in [-0.39, 0.29) is 24.7 Å². The van der Waals surface area contributed by atoms with Crippen LogP contribution >= 0.6 is 0 Å². The maximum Gasteiger partial charge on any atom is 0.344 e. The summed E-state index contributed by atoms with van der Waals surface area (Å²) in [7, 11) is 0. The van der Waals surface area contributed by atoms with E-state index in [1.165, 1.54) is 0 Å². The van der Waals surface area contributed by atoms with Crippen LogP contribution in [0.5, 0.6) is 5.75 Å². The number of benzene rings is 1. The highest BCUT2D eigenvalue weighted by Gasteiger charge is 2.15. The van der Waals surface area contributed by atoms with Crippen molar-refractivity contribution < 1.29 is 23.9 Å². The van der Waals surface area contributed by atoms with Gasteiger partial charge in [0.05, 0.1) is 0 Å². The van der Waals surface area contributed by atoms with Crippen LogP contribution in [-0.4, -0.2) is 36.9 Å². The molecule has 1 rings (SSSR count). The molecule has 0 aliphatic rings. The lowest BCUT2D eigenvalue weighted by atomic mass is 10.1. The Labute approximate surface area is 123 Å². The number of rotatable bonds is 6. The number of nitrogens with one attached hydrogen (secondary N) is 1. The Kier molecular flexibility index (Phi) is 5.90. The van der Waals surface area contributed by atoms with E-state index >= 15 is 0 Å². The molecule has 0 bridgehead atoms. The number of amides is 1. The van der Waals surface area contributed by atoms with Crippen molar-refractivity contribution in [3.63, 3.8) is 0 Å². The molecule has 0 fully saturated rings. The predicted molar refractivity (Wildman–Crippen MR) is 76.2 cm³/mol. The van der Waals surface area contributed by atoms with E-state index in [2.05, 4.69) is 5.32 Å². The fourth-order valence-electron chi connectivity index (χ4n) is 1.43. The van der Waals surface area contributed by atoms with Gasteiger partial charge in [-0.15, -0.1) is 0 Å². The molecular formula is C15H19NO5. The molecule has 6 heteroatoms. The summed E-state index contributed by atoms with van der Waals surface area (Å²) < 4.78 is 9.96. The molecule has 0 unspecified atom stereocenters. The SMILES string of the molecule is CC(C)(C)NC(=O)COC(=O)COc1ccc(C=O)cc1. The minimum Gasteiger partial charge on any atom is -0.482 e. The van der Waals surface area contributed by atoms with Crippen molar-refractivity contribution in [3.05, 3.63) is 29.8 Å². The minimum atomic E-state index is -0.640. The number of hydrogen-bond donors (Lipinski definition) is 1. The molecule has 1 N–H and O–H groups in total. The van der Waals surface area contributed by atoms with Crippen LogP contribution in [0.2, 0.25) is 0 Å². The predicted octanol–water partition coefficient (Wildman–Crippen LogP) is 1.34. The molecule has 0 saturated carbocycles. The highest BCUT2D eigenvalue weighted by Crippen LogP contribution is 2.10. The van der Waals surface area contributed by atoms with Crippen LogP contribution in [0.3, 0.4) is 0 Å². The average molecular weight is 293 g/mol. The van der Waals surface area contributed by atoms with Gasteiger partial charge in [0.1, 0.15) is 12.0 Å². The number of aldehydes is 1. The summed E-state index contributed by atoms with van der Waals surface area (Å²) in [5.41, 5.74) is 0.143. The Bertz CT molecular complexity index is 502. The molecule has 0 heterocycles. The molecule has 0 aromatic heterocycles. The summed E-state index contributed by atoms with van der Waals surface area (Å²) in [5.74, 6) is -0.568. The van der Waals surface area contributed by atoms with E-state index in [1.54, 1.807) is 24.3 Å². The van der Waals surface area contributed by atoms with E-state index < -0.39 is 5.97 Å². The molecule has 0 aliphatic carbocycles. The van der Waals surface area contributed by atoms with Crippen molar-refractivity contribution in [3.8, 4) is 5.75 Å². The number of carbonyl (C=O) groups excluding carboxylic acids is 3. The van der Waals surface area contributed by atoms with Gasteiger partial charge in [0.15, 0.2) is 13.2 Å². The van der Waals surface area contributed by atoms with E-state index in [9.17, 15) is 14.4 Å². The first kappa shape index (κ1) is 16.7. The van der Waals surface area contributed by atoms with Gasteiger partial charge in [-0.1, -0.05) is 0 Å². The summed E-state index contributed by atoms with van der Waals surface area (Å²) in [6.07, 6.45) is 0.714. The molecule has 0 saturated heterocycles. The third-order valence-electron chi connectivity index (χ3n) is 2.25. The molecule has 21 heavy (non-hydrogen) atoms. The van der Waals surface area contributed by atoms with Crippen LogP contribution in [-0.2, 0) is 14.3 Å². The highest BCUT2D eigenvalue weighted by atomic mass is 16.6. The van der Waals surface area contributed by atoms with Gasteiger partial charge in [-0.25, -0.2) is 4.79 Å². The van der Waals surface area contributed by atoms with Crippen molar-refractivity contribution in [1.82, 2.24) is 5.32 Å². The first-order chi connectivity index (χ1) is 9.80. The third-order valence-corrected chi connectivity index (χ3v) is 2.25. The largest absolute Gasteiger partial charge is 0.482 e. The molecule has 6 nitrogen and oxygen atoms in total. The summed E-state index contributed by atoms with van der Waals surface area (Å²) in [6, 6.07) is 6.29. The molecule has 0 atom stereocenters. The number of hydrogen-bond acceptors (Lipinski definition) is 5. The zero-order valence-corrected chi connectivity index (χ0v) is 12.3. The van der Waals surface area contributed by atoms with Crippen molar-refractivity contribution >= 4 is 18.2 Å². The van der Waals surface area contributed by atoms with Gasteiger partial charge < -0.3 is 14.8 Å². The molecule has 114 valence electrons. The highest BCUT2D eigenvalue weighted by molar-refractivity contribution is 5.81. The van der Waals surface area contributed by atoms with Gasteiger partial charge >= 0.3 is 5.97 Å². The second-order valence-electron chi connectivity index (χ2n) is 5.43. The number of carbonyl (C=O) groups is 3. The van der Waals surface area contributed by atoms with Crippen molar-refractivity contribution in [2.24, 2.45) is 0 Å². The Hall–Kier alpha value is -2.37. The van der Waals surface area contributed by atoms with Crippen LogP contribution in [0.15, 0.2) is 24.3 Å². The fourth-order valence-corrected chi connectivity index (χ4v) is 1.43. The second kappa shape index (κ2) is 7.42. The average Bonchev–Trinajstić information content (AvgIpc) is 2.41.